The van der Waals surface area contributed by atoms with Crippen molar-refractivity contribution in [3.63, 3.8) is 0 Å². The molecule has 0 spiro atoms. The summed E-state index contributed by atoms with van der Waals surface area (Å²) in [6.07, 6.45) is 2.31. The van der Waals surface area contributed by atoms with E-state index in [1.54, 1.807) is 18.2 Å². The van der Waals surface area contributed by atoms with E-state index in [1.807, 2.05) is 18.9 Å². The van der Waals surface area contributed by atoms with Crippen molar-refractivity contribution in [2.24, 2.45) is 5.92 Å². The molecule has 0 unspecified atom stereocenters. The van der Waals surface area contributed by atoms with Crippen molar-refractivity contribution in [3.05, 3.63) is 29.3 Å². The molecule has 4 heteroatoms. The van der Waals surface area contributed by atoms with Gasteiger partial charge in [0.15, 0.2) is 0 Å². The number of piperidine rings is 1. The second-order valence-corrected chi connectivity index (χ2v) is 5.93. The number of carbonyl (C=O) groups is 1. The normalized spacial score (nSPS) is 17.1. The number of rotatable bonds is 3. The van der Waals surface area contributed by atoms with E-state index in [2.05, 4.69) is 11.9 Å². The Balaban J connectivity index is 1.96. The molecule has 0 aliphatic carbocycles. The van der Waals surface area contributed by atoms with E-state index in [0.29, 0.717) is 11.5 Å². The van der Waals surface area contributed by atoms with E-state index in [0.717, 1.165) is 38.0 Å². The first-order valence-electron chi connectivity index (χ1n) is 7.21. The number of benzene rings is 1. The van der Waals surface area contributed by atoms with Crippen molar-refractivity contribution < 1.29 is 9.90 Å². The number of nitrogens with zero attached hydrogens (tertiary/aromatic N) is 2. The van der Waals surface area contributed by atoms with Crippen molar-refractivity contribution in [1.29, 1.82) is 0 Å². The lowest BCUT2D eigenvalue weighted by Gasteiger charge is -2.31. The van der Waals surface area contributed by atoms with Crippen LogP contribution in [0.3, 0.4) is 0 Å². The van der Waals surface area contributed by atoms with Gasteiger partial charge in [-0.1, -0.05) is 0 Å². The van der Waals surface area contributed by atoms with Gasteiger partial charge >= 0.3 is 0 Å². The van der Waals surface area contributed by atoms with Crippen LogP contribution >= 0.6 is 0 Å². The van der Waals surface area contributed by atoms with Crippen LogP contribution in [0.2, 0.25) is 0 Å². The highest BCUT2D eigenvalue weighted by atomic mass is 16.3. The number of phenols is 1. The molecule has 110 valence electrons. The van der Waals surface area contributed by atoms with E-state index < -0.39 is 0 Å². The first kappa shape index (κ1) is 14.9. The third-order valence-electron chi connectivity index (χ3n) is 4.16. The molecule has 1 N–H and O–H groups in total. The van der Waals surface area contributed by atoms with Gasteiger partial charge in [-0.25, -0.2) is 0 Å². The number of aromatic hydroxyl groups is 1. The molecule has 1 saturated heterocycles. The van der Waals surface area contributed by atoms with E-state index in [9.17, 15) is 9.90 Å². The van der Waals surface area contributed by atoms with Gasteiger partial charge in [0.2, 0.25) is 0 Å². The van der Waals surface area contributed by atoms with Crippen LogP contribution in [0, 0.1) is 12.8 Å². The largest absolute Gasteiger partial charge is 0.508 e. The highest BCUT2D eigenvalue weighted by Crippen LogP contribution is 2.20. The van der Waals surface area contributed by atoms with E-state index in [1.165, 1.54) is 0 Å². The molecule has 1 amide bonds. The Bertz CT molecular complexity index is 479. The molecule has 1 aliphatic rings. The molecule has 0 aromatic heterocycles. The Morgan fingerprint density at radius 1 is 1.40 bits per heavy atom. The predicted molar refractivity (Wildman–Crippen MR) is 80.0 cm³/mol. The zero-order chi connectivity index (χ0) is 14.7. The Morgan fingerprint density at radius 3 is 2.65 bits per heavy atom. The highest BCUT2D eigenvalue weighted by Gasteiger charge is 2.21. The van der Waals surface area contributed by atoms with Crippen LogP contribution in [0.4, 0.5) is 0 Å². The molecule has 2 rings (SSSR count). The molecule has 0 radical (unpaired) electrons. The summed E-state index contributed by atoms with van der Waals surface area (Å²) in [7, 11) is 4.01. The van der Waals surface area contributed by atoms with Crippen molar-refractivity contribution in [3.8, 4) is 5.75 Å². The third-order valence-corrected chi connectivity index (χ3v) is 4.16. The Hall–Kier alpha value is -1.55. The molecule has 4 nitrogen and oxygen atoms in total. The quantitative estimate of drug-likeness (QED) is 0.919. The molecule has 20 heavy (non-hydrogen) atoms. The lowest BCUT2D eigenvalue weighted by Crippen LogP contribution is -2.37. The summed E-state index contributed by atoms with van der Waals surface area (Å²) in [5.74, 6) is 0.866. The topological polar surface area (TPSA) is 43.8 Å². The van der Waals surface area contributed by atoms with Crippen LogP contribution < -0.4 is 0 Å². The molecule has 0 atom stereocenters. The minimum absolute atomic E-state index is 0.0343. The Labute approximate surface area is 121 Å². The molecule has 1 fully saturated rings. The lowest BCUT2D eigenvalue weighted by molar-refractivity contribution is 0.0747. The molecule has 1 aliphatic heterocycles. The summed E-state index contributed by atoms with van der Waals surface area (Å²) < 4.78 is 0. The fraction of sp³-hybridized carbons (Fsp3) is 0.562. The van der Waals surface area contributed by atoms with Gasteiger partial charge in [0.25, 0.3) is 5.91 Å². The van der Waals surface area contributed by atoms with Gasteiger partial charge < -0.3 is 14.9 Å². The molecule has 1 aromatic carbocycles. The zero-order valence-electron chi connectivity index (χ0n) is 12.6. The van der Waals surface area contributed by atoms with Crippen LogP contribution in [0.25, 0.3) is 0 Å². The van der Waals surface area contributed by atoms with Crippen molar-refractivity contribution >= 4 is 5.91 Å². The summed E-state index contributed by atoms with van der Waals surface area (Å²) in [5, 5.41) is 9.52. The Kier molecular flexibility index (Phi) is 4.65. The first-order valence-corrected chi connectivity index (χ1v) is 7.21. The molecule has 0 bridgehead atoms. The van der Waals surface area contributed by atoms with E-state index >= 15 is 0 Å². The number of hydrogen-bond donors (Lipinski definition) is 1. The fourth-order valence-electron chi connectivity index (χ4n) is 2.72. The monoisotopic (exact) mass is 276 g/mol. The number of hydrogen-bond acceptors (Lipinski definition) is 3. The van der Waals surface area contributed by atoms with Crippen LogP contribution in [-0.2, 0) is 0 Å². The highest BCUT2D eigenvalue weighted by molar-refractivity contribution is 5.94. The van der Waals surface area contributed by atoms with Gasteiger partial charge in [-0.15, -0.1) is 0 Å². The maximum atomic E-state index is 12.4. The predicted octanol–water partition coefficient (Wildman–Crippen LogP) is 2.11. The molecule has 1 aromatic rings. The zero-order valence-corrected chi connectivity index (χ0v) is 12.6. The standard InChI is InChI=1S/C16H24N2O2/c1-12-10-14(4-5-15(12)19)16(20)18(3)11-13-6-8-17(2)9-7-13/h4-5,10,13,19H,6-9,11H2,1-3H3. The van der Waals surface area contributed by atoms with Crippen LogP contribution in [0.15, 0.2) is 18.2 Å². The molecule has 1 heterocycles. The SMILES string of the molecule is Cc1cc(C(=O)N(C)CC2CCN(C)CC2)ccc1O. The summed E-state index contributed by atoms with van der Waals surface area (Å²) in [5.41, 5.74) is 1.39. The fourth-order valence-corrected chi connectivity index (χ4v) is 2.72. The summed E-state index contributed by atoms with van der Waals surface area (Å²) in [4.78, 5) is 16.5. The second kappa shape index (κ2) is 6.27. The van der Waals surface area contributed by atoms with Gasteiger partial charge in [0.1, 0.15) is 5.75 Å². The van der Waals surface area contributed by atoms with Crippen molar-refractivity contribution in [2.75, 3.05) is 33.7 Å². The summed E-state index contributed by atoms with van der Waals surface area (Å²) >= 11 is 0. The summed E-state index contributed by atoms with van der Waals surface area (Å²) in [6, 6.07) is 5.03. The molecule has 0 saturated carbocycles. The van der Waals surface area contributed by atoms with Gasteiger partial charge in [-0.2, -0.15) is 0 Å². The van der Waals surface area contributed by atoms with Crippen LogP contribution in [-0.4, -0.2) is 54.5 Å². The Morgan fingerprint density at radius 2 is 2.05 bits per heavy atom. The van der Waals surface area contributed by atoms with Crippen molar-refractivity contribution in [1.82, 2.24) is 9.80 Å². The number of likely N-dealkylation sites (tertiary alicyclic amines) is 1. The maximum absolute atomic E-state index is 12.4. The lowest BCUT2D eigenvalue weighted by atomic mass is 9.96. The smallest absolute Gasteiger partial charge is 0.253 e. The van der Waals surface area contributed by atoms with Gasteiger partial charge in [0, 0.05) is 19.2 Å². The second-order valence-electron chi connectivity index (χ2n) is 5.93. The van der Waals surface area contributed by atoms with Crippen LogP contribution in [0.5, 0.6) is 5.75 Å². The number of aryl methyl sites for hydroxylation is 1. The van der Waals surface area contributed by atoms with Crippen molar-refractivity contribution in [2.45, 2.75) is 19.8 Å². The number of carbonyl (C=O) groups excluding carboxylic acids is 1. The first-order chi connectivity index (χ1) is 9.47. The van der Waals surface area contributed by atoms with Gasteiger partial charge in [-0.3, -0.25) is 4.79 Å². The summed E-state index contributed by atoms with van der Waals surface area (Å²) in [6.45, 7) is 4.85. The average molecular weight is 276 g/mol. The van der Waals surface area contributed by atoms with Crippen LogP contribution in [0.1, 0.15) is 28.8 Å². The number of amides is 1. The van der Waals surface area contributed by atoms with E-state index in [4.69, 9.17) is 0 Å². The minimum Gasteiger partial charge on any atom is -0.508 e. The molecular weight excluding hydrogens is 252 g/mol. The molecular formula is C16H24N2O2. The maximum Gasteiger partial charge on any atom is 0.253 e. The average Bonchev–Trinajstić information content (AvgIpc) is 2.43. The van der Waals surface area contributed by atoms with E-state index in [-0.39, 0.29) is 11.7 Å². The van der Waals surface area contributed by atoms with Gasteiger partial charge in [0.05, 0.1) is 0 Å². The third kappa shape index (κ3) is 3.51. The van der Waals surface area contributed by atoms with Gasteiger partial charge in [-0.05, 0) is 69.6 Å². The number of phenolic OH excluding ortho intramolecular Hbond substituents is 1. The minimum atomic E-state index is 0.0343.